The van der Waals surface area contributed by atoms with Crippen LogP contribution in [-0.4, -0.2) is 159 Å². The fourth-order valence-electron chi connectivity index (χ4n) is 5.23. The molecule has 36 heavy (non-hydrogen) atoms. The van der Waals surface area contributed by atoms with Gasteiger partial charge in [-0.05, 0) is 13.5 Å². The topological polar surface area (TPSA) is 272 Å². The lowest BCUT2D eigenvalue weighted by Gasteiger charge is -2.46. The van der Waals surface area contributed by atoms with Crippen LogP contribution in [0, 0.1) is 0 Å². The van der Waals surface area contributed by atoms with Gasteiger partial charge in [0.1, 0.15) is 48.8 Å². The third-order valence-corrected chi connectivity index (χ3v) is 7.42. The van der Waals surface area contributed by atoms with Crippen molar-refractivity contribution in [2.75, 3.05) is 20.3 Å². The largest absolute Gasteiger partial charge is 0.395 e. The number of hydrogen-bond donors (Lipinski definition) is 11. The Labute approximate surface area is 206 Å². The second-order valence-corrected chi connectivity index (χ2v) is 9.72. The van der Waals surface area contributed by atoms with Crippen LogP contribution in [0.15, 0.2) is 0 Å². The van der Waals surface area contributed by atoms with Crippen molar-refractivity contribution in [2.45, 2.75) is 104 Å². The molecule has 1 saturated carbocycles. The van der Waals surface area contributed by atoms with E-state index in [1.165, 1.54) is 0 Å². The van der Waals surface area contributed by atoms with E-state index in [-0.39, 0.29) is 6.42 Å². The molecule has 3 aliphatic heterocycles. The van der Waals surface area contributed by atoms with Crippen molar-refractivity contribution in [1.29, 1.82) is 0 Å². The summed E-state index contributed by atoms with van der Waals surface area (Å²) in [4.78, 5) is 0. The summed E-state index contributed by atoms with van der Waals surface area (Å²) in [7, 11) is 1.60. The van der Waals surface area contributed by atoms with Gasteiger partial charge in [-0.15, -0.1) is 0 Å². The Morgan fingerprint density at radius 3 is 2.22 bits per heavy atom. The molecular formula is C20H37N3O13. The third kappa shape index (κ3) is 4.68. The molecule has 16 heteroatoms. The van der Waals surface area contributed by atoms with Gasteiger partial charge in [0.2, 0.25) is 0 Å². The molecule has 4 fully saturated rings. The van der Waals surface area contributed by atoms with Crippen LogP contribution in [0.25, 0.3) is 0 Å². The van der Waals surface area contributed by atoms with Crippen molar-refractivity contribution < 1.29 is 64.5 Å². The van der Waals surface area contributed by atoms with Crippen molar-refractivity contribution in [3.05, 3.63) is 0 Å². The molecule has 16 nitrogen and oxygen atoms in total. The SMILES string of the molecule is CN[C@H]1C[C@@H](N)[C@H](O)[C@@H](O[C@@H]2O[C@H](CO)[C@H](O)[C@@H]3O[C@@]4(O[C@H]23)O[C@@H]([C@H](N)CO)[C@@H](O)[C@@H](O)[C@@H]4O)[C@@H]1O. The number of likely N-dealkylation sites (N-methyl/N-ethyl adjacent to an activating group) is 1. The average molecular weight is 528 g/mol. The summed E-state index contributed by atoms with van der Waals surface area (Å²) in [5, 5.41) is 85.6. The molecule has 1 aliphatic carbocycles. The van der Waals surface area contributed by atoms with E-state index in [0.717, 1.165) is 0 Å². The van der Waals surface area contributed by atoms with Crippen molar-refractivity contribution in [3.8, 4) is 0 Å². The number of nitrogens with one attached hydrogen (secondary N) is 1. The first-order valence-electron chi connectivity index (χ1n) is 11.8. The zero-order chi connectivity index (χ0) is 26.5. The predicted molar refractivity (Wildman–Crippen MR) is 115 cm³/mol. The summed E-state index contributed by atoms with van der Waals surface area (Å²) in [5.41, 5.74) is 11.8. The van der Waals surface area contributed by atoms with E-state index in [9.17, 15) is 40.9 Å². The highest BCUT2D eigenvalue weighted by molar-refractivity contribution is 5.05. The fraction of sp³-hybridized carbons (Fsp3) is 1.00. The first-order chi connectivity index (χ1) is 17.0. The van der Waals surface area contributed by atoms with Crippen LogP contribution in [0.4, 0.5) is 0 Å². The molecular weight excluding hydrogens is 490 g/mol. The minimum atomic E-state index is -2.48. The van der Waals surface area contributed by atoms with Crippen LogP contribution in [0.1, 0.15) is 6.42 Å². The number of fused-ring (bicyclic) bond motifs is 1. The summed E-state index contributed by atoms with van der Waals surface area (Å²) < 4.78 is 28.7. The van der Waals surface area contributed by atoms with Crippen LogP contribution >= 0.6 is 0 Å². The summed E-state index contributed by atoms with van der Waals surface area (Å²) in [6, 6.07) is -2.50. The first-order valence-corrected chi connectivity index (χ1v) is 11.8. The molecule has 0 aromatic heterocycles. The lowest BCUT2D eigenvalue weighted by molar-refractivity contribution is -0.439. The molecule has 0 bridgehead atoms. The van der Waals surface area contributed by atoms with Crippen molar-refractivity contribution in [2.24, 2.45) is 11.5 Å². The minimum absolute atomic E-state index is 0.254. The van der Waals surface area contributed by atoms with Gasteiger partial charge in [0.05, 0.1) is 31.5 Å². The molecule has 13 N–H and O–H groups in total. The Hall–Kier alpha value is -0.640. The second kappa shape index (κ2) is 10.9. The van der Waals surface area contributed by atoms with E-state index in [1.54, 1.807) is 7.05 Å². The van der Waals surface area contributed by atoms with Crippen molar-refractivity contribution >= 4 is 0 Å². The van der Waals surface area contributed by atoms with Gasteiger partial charge in [-0.1, -0.05) is 0 Å². The monoisotopic (exact) mass is 527 g/mol. The molecule has 0 radical (unpaired) electrons. The van der Waals surface area contributed by atoms with Crippen LogP contribution in [0.3, 0.4) is 0 Å². The maximum Gasteiger partial charge on any atom is 0.314 e. The van der Waals surface area contributed by atoms with Crippen LogP contribution in [0.2, 0.25) is 0 Å². The summed E-state index contributed by atoms with van der Waals surface area (Å²) in [5.74, 6) is -2.48. The highest BCUT2D eigenvalue weighted by Gasteiger charge is 2.67. The summed E-state index contributed by atoms with van der Waals surface area (Å²) in [6.07, 6.45) is -17.7. The molecule has 0 amide bonds. The Balaban J connectivity index is 1.62. The number of aliphatic hydroxyl groups is 8. The number of aliphatic hydroxyl groups excluding tert-OH is 8. The highest BCUT2D eigenvalue weighted by atomic mass is 16.9. The van der Waals surface area contributed by atoms with Gasteiger partial charge < -0.3 is 81.3 Å². The molecule has 3 saturated heterocycles. The van der Waals surface area contributed by atoms with Gasteiger partial charge >= 0.3 is 5.97 Å². The molecule has 0 aromatic rings. The van der Waals surface area contributed by atoms with Gasteiger partial charge in [0, 0.05) is 12.1 Å². The number of nitrogens with two attached hydrogens (primary N) is 2. The minimum Gasteiger partial charge on any atom is -0.395 e. The zero-order valence-electron chi connectivity index (χ0n) is 19.6. The standard InChI is InChI=1S/C20H37N3O13/c1-23-7-2-5(21)9(26)15(10(7)27)33-19-17-16(11(28)8(4-25)32-19)35-20(36-17)18(31)13(30)12(29)14(34-20)6(22)3-24/h5-19,23-31H,2-4,21-22H2,1H3/t5-,6-,7+,8-,9+,10-,11+,12+,13-,14+,15-,16+,17+,18+,19+,20+/m1/s1. The van der Waals surface area contributed by atoms with Crippen molar-refractivity contribution in [1.82, 2.24) is 5.32 Å². The average Bonchev–Trinajstić information content (AvgIpc) is 3.27. The summed E-state index contributed by atoms with van der Waals surface area (Å²) >= 11 is 0. The number of hydrogen-bond acceptors (Lipinski definition) is 16. The fourth-order valence-corrected chi connectivity index (χ4v) is 5.23. The quantitative estimate of drug-likeness (QED) is 0.153. The first kappa shape index (κ1) is 28.4. The Bertz CT molecular complexity index is 756. The molecule has 210 valence electrons. The Morgan fingerprint density at radius 1 is 0.944 bits per heavy atom. The van der Waals surface area contributed by atoms with Crippen LogP contribution < -0.4 is 16.8 Å². The molecule has 4 aliphatic rings. The number of ether oxygens (including phenoxy) is 5. The molecule has 4 rings (SSSR count). The Morgan fingerprint density at radius 2 is 1.61 bits per heavy atom. The second-order valence-electron chi connectivity index (χ2n) is 9.72. The Kier molecular flexibility index (Phi) is 8.55. The van der Waals surface area contributed by atoms with E-state index >= 15 is 0 Å². The van der Waals surface area contributed by atoms with Crippen LogP contribution in [0.5, 0.6) is 0 Å². The van der Waals surface area contributed by atoms with Gasteiger partial charge in [-0.25, -0.2) is 0 Å². The third-order valence-electron chi connectivity index (χ3n) is 7.42. The maximum absolute atomic E-state index is 10.7. The van der Waals surface area contributed by atoms with E-state index in [0.29, 0.717) is 0 Å². The lowest BCUT2D eigenvalue weighted by Crippen LogP contribution is -2.69. The molecule has 3 heterocycles. The smallest absolute Gasteiger partial charge is 0.314 e. The maximum atomic E-state index is 10.7. The van der Waals surface area contributed by atoms with Gasteiger partial charge in [0.25, 0.3) is 0 Å². The molecule has 1 spiro atoms. The van der Waals surface area contributed by atoms with Gasteiger partial charge in [0.15, 0.2) is 12.4 Å². The predicted octanol–water partition coefficient (Wildman–Crippen LogP) is -7.27. The molecule has 0 aromatic carbocycles. The van der Waals surface area contributed by atoms with E-state index in [4.69, 9.17) is 35.2 Å². The normalized spacial score (nSPS) is 54.4. The van der Waals surface area contributed by atoms with Gasteiger partial charge in [-0.2, -0.15) is 0 Å². The van der Waals surface area contributed by atoms with Gasteiger partial charge in [-0.3, -0.25) is 0 Å². The highest BCUT2D eigenvalue weighted by Crippen LogP contribution is 2.45. The van der Waals surface area contributed by atoms with Crippen molar-refractivity contribution in [3.63, 3.8) is 0 Å². The lowest BCUT2D eigenvalue weighted by atomic mass is 9.84. The van der Waals surface area contributed by atoms with Crippen LogP contribution in [-0.2, 0) is 23.7 Å². The van der Waals surface area contributed by atoms with E-state index < -0.39 is 111 Å². The van der Waals surface area contributed by atoms with E-state index in [2.05, 4.69) is 5.32 Å². The summed E-state index contributed by atoms with van der Waals surface area (Å²) in [6.45, 7) is -1.33. The zero-order valence-corrected chi connectivity index (χ0v) is 19.6. The molecule has 0 unspecified atom stereocenters. The van der Waals surface area contributed by atoms with E-state index in [1.807, 2.05) is 0 Å². The molecule has 16 atom stereocenters. The number of rotatable bonds is 6.